The van der Waals surface area contributed by atoms with Crippen molar-refractivity contribution in [1.29, 1.82) is 0 Å². The van der Waals surface area contributed by atoms with Gasteiger partial charge in [0.05, 0.1) is 6.33 Å². The van der Waals surface area contributed by atoms with Gasteiger partial charge in [-0.3, -0.25) is 4.79 Å². The number of carbonyl (C=O) groups is 1. The van der Waals surface area contributed by atoms with Gasteiger partial charge in [-0.2, -0.15) is 0 Å². The molecule has 2 rings (SSSR count). The fraction of sp³-hybridized carbons (Fsp3) is 0.300. The summed E-state index contributed by atoms with van der Waals surface area (Å²) >= 11 is 0. The van der Waals surface area contributed by atoms with E-state index >= 15 is 0 Å². The fourth-order valence-corrected chi connectivity index (χ4v) is 1.49. The van der Waals surface area contributed by atoms with Gasteiger partial charge in [-0.05, 0) is 18.6 Å². The molecule has 0 aromatic carbocycles. The lowest BCUT2D eigenvalue weighted by Crippen LogP contribution is -1.98. The predicted molar refractivity (Wildman–Crippen MR) is 52.9 cm³/mol. The lowest BCUT2D eigenvalue weighted by Gasteiger charge is -1.98. The van der Waals surface area contributed by atoms with Crippen molar-refractivity contribution in [2.45, 2.75) is 13.3 Å². The molecule has 72 valence electrons. The van der Waals surface area contributed by atoms with E-state index in [4.69, 9.17) is 0 Å². The topological polar surface area (TPSA) is 47.8 Å². The fourth-order valence-electron chi connectivity index (χ4n) is 1.49. The Morgan fingerprint density at radius 1 is 1.50 bits per heavy atom. The number of rotatable bonds is 2. The molecule has 4 heteroatoms. The van der Waals surface area contributed by atoms with Crippen LogP contribution in [0.2, 0.25) is 0 Å². The van der Waals surface area contributed by atoms with Crippen molar-refractivity contribution in [2.24, 2.45) is 7.05 Å². The number of nitrogens with zero attached hydrogens (tertiary/aromatic N) is 3. The molecule has 2 aromatic rings. The monoisotopic (exact) mass is 189 g/mol. The van der Waals surface area contributed by atoms with E-state index in [1.54, 1.807) is 19.4 Å². The van der Waals surface area contributed by atoms with E-state index in [1.807, 2.05) is 17.7 Å². The quantitative estimate of drug-likeness (QED) is 0.710. The molecule has 4 nitrogen and oxygen atoms in total. The Hall–Kier alpha value is -1.71. The standard InChI is InChI=1S/C10H11N3O/c1-7(14)5-8-3-4-11-10-9(8)12-6-13(10)2/h3-4,6H,5H2,1-2H3. The molecule has 2 heterocycles. The van der Waals surface area contributed by atoms with Crippen LogP contribution in [0.25, 0.3) is 11.2 Å². The summed E-state index contributed by atoms with van der Waals surface area (Å²) in [4.78, 5) is 19.4. The van der Waals surface area contributed by atoms with E-state index in [2.05, 4.69) is 9.97 Å². The molecule has 0 unspecified atom stereocenters. The van der Waals surface area contributed by atoms with E-state index in [0.29, 0.717) is 6.42 Å². The SMILES string of the molecule is CC(=O)Cc1ccnc2c1ncn2C. The summed E-state index contributed by atoms with van der Waals surface area (Å²) < 4.78 is 1.85. The van der Waals surface area contributed by atoms with Gasteiger partial charge in [-0.1, -0.05) is 0 Å². The van der Waals surface area contributed by atoms with E-state index in [9.17, 15) is 4.79 Å². The van der Waals surface area contributed by atoms with Crippen LogP contribution < -0.4 is 0 Å². The summed E-state index contributed by atoms with van der Waals surface area (Å²) in [5.74, 6) is 0.142. The highest BCUT2D eigenvalue weighted by Crippen LogP contribution is 2.14. The zero-order valence-electron chi connectivity index (χ0n) is 8.19. The predicted octanol–water partition coefficient (Wildman–Crippen LogP) is 1.10. The number of fused-ring (bicyclic) bond motifs is 1. The maximum absolute atomic E-state index is 11.0. The van der Waals surface area contributed by atoms with E-state index < -0.39 is 0 Å². The molecule has 0 N–H and O–H groups in total. The number of aryl methyl sites for hydroxylation is 1. The molecule has 0 saturated carbocycles. The van der Waals surface area contributed by atoms with E-state index in [-0.39, 0.29) is 5.78 Å². The van der Waals surface area contributed by atoms with Gasteiger partial charge in [0.1, 0.15) is 11.3 Å². The normalized spacial score (nSPS) is 10.7. The number of aromatic nitrogens is 3. The molecule has 0 spiro atoms. The number of hydrogen-bond acceptors (Lipinski definition) is 3. The number of carbonyl (C=O) groups excluding carboxylic acids is 1. The maximum Gasteiger partial charge on any atom is 0.159 e. The Kier molecular flexibility index (Phi) is 2.04. The number of Topliss-reactive ketones (excluding diaryl/α,β-unsaturated/α-hetero) is 1. The smallest absolute Gasteiger partial charge is 0.159 e. The van der Waals surface area contributed by atoms with Crippen LogP contribution in [0, 0.1) is 0 Å². The van der Waals surface area contributed by atoms with Crippen LogP contribution in [-0.2, 0) is 18.3 Å². The van der Waals surface area contributed by atoms with Crippen molar-refractivity contribution >= 4 is 16.9 Å². The number of imidazole rings is 1. The Labute approximate surface area is 81.6 Å². The van der Waals surface area contributed by atoms with Crippen molar-refractivity contribution in [1.82, 2.24) is 14.5 Å². The van der Waals surface area contributed by atoms with Crippen LogP contribution in [0.1, 0.15) is 12.5 Å². The van der Waals surface area contributed by atoms with Crippen LogP contribution in [0.3, 0.4) is 0 Å². The molecule has 0 bridgehead atoms. The third kappa shape index (κ3) is 1.39. The largest absolute Gasteiger partial charge is 0.318 e. The first kappa shape index (κ1) is 8.87. The molecule has 0 aliphatic carbocycles. The van der Waals surface area contributed by atoms with E-state index in [0.717, 1.165) is 16.7 Å². The van der Waals surface area contributed by atoms with Gasteiger partial charge >= 0.3 is 0 Å². The summed E-state index contributed by atoms with van der Waals surface area (Å²) in [6.45, 7) is 1.58. The third-order valence-corrected chi connectivity index (χ3v) is 2.12. The molecule has 14 heavy (non-hydrogen) atoms. The summed E-state index contributed by atoms with van der Waals surface area (Å²) in [5, 5.41) is 0. The summed E-state index contributed by atoms with van der Waals surface area (Å²) in [6, 6.07) is 1.84. The van der Waals surface area contributed by atoms with Gasteiger partial charge < -0.3 is 4.57 Å². The molecule has 0 atom stereocenters. The van der Waals surface area contributed by atoms with Crippen molar-refractivity contribution in [3.63, 3.8) is 0 Å². The van der Waals surface area contributed by atoms with Crippen molar-refractivity contribution in [2.75, 3.05) is 0 Å². The van der Waals surface area contributed by atoms with Gasteiger partial charge in [0.15, 0.2) is 5.65 Å². The highest BCUT2D eigenvalue weighted by atomic mass is 16.1. The molecule has 2 aromatic heterocycles. The molecule has 0 aliphatic rings. The van der Waals surface area contributed by atoms with Gasteiger partial charge in [0.25, 0.3) is 0 Å². The minimum absolute atomic E-state index is 0.142. The van der Waals surface area contributed by atoms with Gasteiger partial charge in [0.2, 0.25) is 0 Å². The summed E-state index contributed by atoms with van der Waals surface area (Å²) in [5.41, 5.74) is 2.59. The van der Waals surface area contributed by atoms with E-state index in [1.165, 1.54) is 0 Å². The Morgan fingerprint density at radius 3 is 3.00 bits per heavy atom. The molecule has 0 fully saturated rings. The lowest BCUT2D eigenvalue weighted by molar-refractivity contribution is -0.116. The minimum atomic E-state index is 0.142. The van der Waals surface area contributed by atoms with Crippen molar-refractivity contribution in [3.05, 3.63) is 24.2 Å². The second-order valence-corrected chi connectivity index (χ2v) is 3.38. The molecule has 0 saturated heterocycles. The van der Waals surface area contributed by atoms with Crippen LogP contribution in [0.4, 0.5) is 0 Å². The number of hydrogen-bond donors (Lipinski definition) is 0. The molecule has 0 radical (unpaired) electrons. The third-order valence-electron chi connectivity index (χ3n) is 2.12. The van der Waals surface area contributed by atoms with Crippen LogP contribution in [0.15, 0.2) is 18.6 Å². The van der Waals surface area contributed by atoms with Crippen LogP contribution >= 0.6 is 0 Å². The van der Waals surface area contributed by atoms with Crippen LogP contribution in [-0.4, -0.2) is 20.3 Å². The average Bonchev–Trinajstić information content (AvgIpc) is 2.49. The van der Waals surface area contributed by atoms with Crippen LogP contribution in [0.5, 0.6) is 0 Å². The highest BCUT2D eigenvalue weighted by molar-refractivity contribution is 5.84. The maximum atomic E-state index is 11.0. The summed E-state index contributed by atoms with van der Waals surface area (Å²) in [6.07, 6.45) is 3.85. The number of ketones is 1. The molecule has 0 aliphatic heterocycles. The number of pyridine rings is 1. The Balaban J connectivity index is 2.59. The second kappa shape index (κ2) is 3.21. The lowest BCUT2D eigenvalue weighted by atomic mass is 10.1. The zero-order chi connectivity index (χ0) is 10.1. The summed E-state index contributed by atoms with van der Waals surface area (Å²) in [7, 11) is 1.89. The first-order valence-electron chi connectivity index (χ1n) is 4.43. The average molecular weight is 189 g/mol. The highest BCUT2D eigenvalue weighted by Gasteiger charge is 2.07. The molecule has 0 amide bonds. The van der Waals surface area contributed by atoms with Crippen molar-refractivity contribution in [3.8, 4) is 0 Å². The van der Waals surface area contributed by atoms with Gasteiger partial charge in [-0.25, -0.2) is 9.97 Å². The minimum Gasteiger partial charge on any atom is -0.318 e. The van der Waals surface area contributed by atoms with Crippen molar-refractivity contribution < 1.29 is 4.79 Å². The Morgan fingerprint density at radius 2 is 2.29 bits per heavy atom. The molecular weight excluding hydrogens is 178 g/mol. The Bertz CT molecular complexity index is 487. The first-order valence-corrected chi connectivity index (χ1v) is 4.43. The van der Waals surface area contributed by atoms with Gasteiger partial charge in [-0.15, -0.1) is 0 Å². The van der Waals surface area contributed by atoms with Gasteiger partial charge in [0, 0.05) is 19.7 Å². The second-order valence-electron chi connectivity index (χ2n) is 3.38. The first-order chi connectivity index (χ1) is 6.68. The molecular formula is C10H11N3O. The zero-order valence-corrected chi connectivity index (χ0v) is 8.19.